The minimum Gasteiger partial charge on any atom is -0.385 e. The van der Waals surface area contributed by atoms with Gasteiger partial charge >= 0.3 is 0 Å². The first-order chi connectivity index (χ1) is 2.64. The Labute approximate surface area is 70.0 Å². The van der Waals surface area contributed by atoms with Crippen molar-refractivity contribution in [1.29, 1.82) is 0 Å². The maximum atomic E-state index is 9.76. The summed E-state index contributed by atoms with van der Waals surface area (Å²) in [6.07, 6.45) is -0.923. The molecule has 1 radical (unpaired) electrons. The number of carbonyl (C=O) groups is 1. The molecule has 0 aromatic carbocycles. The zero-order valence-corrected chi connectivity index (χ0v) is 7.27. The van der Waals surface area contributed by atoms with E-state index in [0.29, 0.717) is 0 Å². The van der Waals surface area contributed by atoms with E-state index in [4.69, 9.17) is 5.11 Å². The van der Waals surface area contributed by atoms with Crippen molar-refractivity contribution in [2.45, 2.75) is 13.0 Å². The predicted molar refractivity (Wildman–Crippen MR) is 31.4 cm³/mol. The van der Waals surface area contributed by atoms with Crippen LogP contribution in [0.15, 0.2) is 0 Å². The predicted octanol–water partition coefficient (Wildman–Crippen LogP) is -0.557. The largest absolute Gasteiger partial charge is 0.385 e. The van der Waals surface area contributed by atoms with Crippen LogP contribution in [0.5, 0.6) is 0 Å². The molecule has 0 saturated carbocycles. The van der Waals surface area contributed by atoms with E-state index < -0.39 is 11.2 Å². The Morgan fingerprint density at radius 2 is 2.00 bits per heavy atom. The summed E-state index contributed by atoms with van der Waals surface area (Å²) in [6.45, 7) is 1.37. The molecular weight excluding hydrogens is 123 g/mol. The third-order valence-electron chi connectivity index (χ3n) is 0.357. The van der Waals surface area contributed by atoms with Crippen molar-refractivity contribution in [3.8, 4) is 0 Å². The molecule has 0 aliphatic carbocycles. The van der Waals surface area contributed by atoms with Crippen LogP contribution in [0.25, 0.3) is 0 Å². The second kappa shape index (κ2) is 5.12. The van der Waals surface area contributed by atoms with Gasteiger partial charge < -0.3 is 5.11 Å². The normalized spacial score (nSPS) is 11.9. The Morgan fingerprint density at radius 1 is 1.86 bits per heavy atom. The van der Waals surface area contributed by atoms with Gasteiger partial charge in [-0.05, 0) is 6.92 Å². The topological polar surface area (TPSA) is 37.3 Å². The minimum absolute atomic E-state index is 0. The summed E-state index contributed by atoms with van der Waals surface area (Å²) in [5.74, 6) is 0. The quantitative estimate of drug-likeness (QED) is 0.368. The molecule has 0 heterocycles. The molecule has 1 unspecified atom stereocenters. The van der Waals surface area contributed by atoms with E-state index in [1.54, 1.807) is 0 Å². The molecule has 4 heteroatoms. The second-order valence-electron chi connectivity index (χ2n) is 1.01. The fraction of sp³-hybridized carbons (Fsp3) is 0.667. The number of aliphatic hydroxyl groups is 1. The second-order valence-corrected chi connectivity index (χ2v) is 1.45. The number of hydrogen-bond donors (Lipinski definition) is 2. The molecule has 1 atom stereocenters. The van der Waals surface area contributed by atoms with Crippen LogP contribution < -0.4 is 0 Å². The monoisotopic (exact) mass is 129 g/mol. The van der Waals surface area contributed by atoms with Gasteiger partial charge in [0, 0.05) is 29.6 Å². The molecule has 0 rings (SSSR count). The smallest absolute Gasteiger partial charge is 0.214 e. The SMILES string of the molecule is CC(O)C(=O)S.[Na]. The maximum absolute atomic E-state index is 9.76. The molecule has 0 aliphatic heterocycles. The molecule has 0 aromatic rings. The van der Waals surface area contributed by atoms with Gasteiger partial charge in [0.25, 0.3) is 0 Å². The van der Waals surface area contributed by atoms with E-state index in [2.05, 4.69) is 12.6 Å². The fourth-order valence-corrected chi connectivity index (χ4v) is 0. The maximum Gasteiger partial charge on any atom is 0.214 e. The van der Waals surface area contributed by atoms with Crippen LogP contribution >= 0.6 is 12.6 Å². The van der Waals surface area contributed by atoms with Crippen LogP contribution in [0.1, 0.15) is 6.92 Å². The first-order valence-electron chi connectivity index (χ1n) is 1.55. The van der Waals surface area contributed by atoms with Crippen molar-refractivity contribution in [3.63, 3.8) is 0 Å². The van der Waals surface area contributed by atoms with Gasteiger partial charge in [-0.2, -0.15) is 0 Å². The minimum atomic E-state index is -0.923. The third-order valence-corrected chi connectivity index (χ3v) is 0.731. The van der Waals surface area contributed by atoms with Crippen molar-refractivity contribution in [1.82, 2.24) is 0 Å². The van der Waals surface area contributed by atoms with Crippen LogP contribution in [0.3, 0.4) is 0 Å². The van der Waals surface area contributed by atoms with E-state index in [9.17, 15) is 4.79 Å². The Balaban J connectivity index is 0. The van der Waals surface area contributed by atoms with Gasteiger partial charge in [0.15, 0.2) is 0 Å². The summed E-state index contributed by atoms with van der Waals surface area (Å²) in [5.41, 5.74) is 0. The molecule has 0 amide bonds. The molecule has 1 N–H and O–H groups in total. The van der Waals surface area contributed by atoms with Gasteiger partial charge in [0.1, 0.15) is 6.10 Å². The summed E-state index contributed by atoms with van der Waals surface area (Å²) in [5, 5.41) is 7.71. The summed E-state index contributed by atoms with van der Waals surface area (Å²) in [7, 11) is 0. The fourth-order valence-electron chi connectivity index (χ4n) is 0. The van der Waals surface area contributed by atoms with Crippen LogP contribution in [0.4, 0.5) is 0 Å². The molecule has 0 aliphatic rings. The Hall–Kier alpha value is 0.980. The molecule has 0 aromatic heterocycles. The molecule has 0 saturated heterocycles. The van der Waals surface area contributed by atoms with E-state index in [1.807, 2.05) is 0 Å². The van der Waals surface area contributed by atoms with Crippen LogP contribution in [-0.2, 0) is 4.79 Å². The van der Waals surface area contributed by atoms with Gasteiger partial charge in [-0.25, -0.2) is 0 Å². The van der Waals surface area contributed by atoms with Gasteiger partial charge in [-0.3, -0.25) is 4.79 Å². The molecule has 7 heavy (non-hydrogen) atoms. The van der Waals surface area contributed by atoms with Crippen LogP contribution in [0, 0.1) is 0 Å². The first-order valence-corrected chi connectivity index (χ1v) is 2.00. The number of aliphatic hydroxyl groups excluding tert-OH is 1. The summed E-state index contributed by atoms with van der Waals surface area (Å²) >= 11 is 3.30. The van der Waals surface area contributed by atoms with Crippen molar-refractivity contribution in [2.24, 2.45) is 0 Å². The van der Waals surface area contributed by atoms with Gasteiger partial charge in [0.2, 0.25) is 5.12 Å². The van der Waals surface area contributed by atoms with Crippen molar-refractivity contribution in [3.05, 3.63) is 0 Å². The van der Waals surface area contributed by atoms with Gasteiger partial charge in [-0.1, -0.05) is 0 Å². The van der Waals surface area contributed by atoms with Crippen molar-refractivity contribution < 1.29 is 9.90 Å². The first kappa shape index (κ1) is 10.9. The van der Waals surface area contributed by atoms with Crippen LogP contribution in [0.2, 0.25) is 0 Å². The molecular formula is C3H6NaO2S. The van der Waals surface area contributed by atoms with Gasteiger partial charge in [0.05, 0.1) is 0 Å². The summed E-state index contributed by atoms with van der Waals surface area (Å²) < 4.78 is 0. The van der Waals surface area contributed by atoms with E-state index in [1.165, 1.54) is 6.92 Å². The summed E-state index contributed by atoms with van der Waals surface area (Å²) in [4.78, 5) is 9.76. The molecule has 0 fully saturated rings. The van der Waals surface area contributed by atoms with E-state index >= 15 is 0 Å². The average molecular weight is 129 g/mol. The number of rotatable bonds is 1. The van der Waals surface area contributed by atoms with E-state index in [0.717, 1.165) is 0 Å². The van der Waals surface area contributed by atoms with Crippen LogP contribution in [-0.4, -0.2) is 45.9 Å². The summed E-state index contributed by atoms with van der Waals surface area (Å²) in [6, 6.07) is 0. The molecule has 2 nitrogen and oxygen atoms in total. The Morgan fingerprint density at radius 3 is 2.00 bits per heavy atom. The van der Waals surface area contributed by atoms with Gasteiger partial charge in [-0.15, -0.1) is 12.6 Å². The molecule has 37 valence electrons. The number of carbonyl (C=O) groups excluding carboxylic acids is 1. The standard InChI is InChI=1S/C3H6O2S.Na/c1-2(4)3(5)6;/h2,4H,1H3,(H,5,6);. The van der Waals surface area contributed by atoms with Crippen molar-refractivity contribution in [2.75, 3.05) is 0 Å². The number of thiol groups is 1. The average Bonchev–Trinajstić information content (AvgIpc) is 1.36. The third kappa shape index (κ3) is 6.98. The van der Waals surface area contributed by atoms with Crippen molar-refractivity contribution >= 4 is 47.3 Å². The Kier molecular flexibility index (Phi) is 7.96. The Bertz CT molecular complexity index is 64.0. The van der Waals surface area contributed by atoms with E-state index in [-0.39, 0.29) is 29.6 Å². The number of hydrogen-bond acceptors (Lipinski definition) is 2. The molecule has 0 bridgehead atoms. The zero-order chi connectivity index (χ0) is 5.15. The zero-order valence-electron chi connectivity index (χ0n) is 4.38. The molecule has 0 spiro atoms.